The fourth-order valence-corrected chi connectivity index (χ4v) is 4.91. The lowest BCUT2D eigenvalue weighted by atomic mass is 10.1. The molecule has 11 nitrogen and oxygen atoms in total. The number of carbonyl (C=O) groups excluding carboxylic acids is 2. The van der Waals surface area contributed by atoms with E-state index < -0.39 is 0 Å². The number of hydrazine groups is 1. The molecule has 2 aromatic rings. The van der Waals surface area contributed by atoms with Crippen molar-refractivity contribution in [2.24, 2.45) is 0 Å². The predicted octanol–water partition coefficient (Wildman–Crippen LogP) is 2.48. The fraction of sp³-hybridized carbons (Fsp3) is 0.538. The third-order valence-electron chi connectivity index (χ3n) is 6.93. The van der Waals surface area contributed by atoms with Gasteiger partial charge in [0.2, 0.25) is 5.95 Å². The van der Waals surface area contributed by atoms with Gasteiger partial charge >= 0.3 is 0 Å². The number of carbonyl (C=O) groups is 2. The highest BCUT2D eigenvalue weighted by atomic mass is 16.5. The SMILES string of the molecule is CCC1C(=O)N(C)c2cnc(Nc3ccc(C(=O)NCCN4CCCCC4)cc3OC)nc2N1N(C)C. The quantitative estimate of drug-likeness (QED) is 0.526. The molecule has 1 aromatic heterocycles. The van der Waals surface area contributed by atoms with E-state index in [1.807, 2.05) is 31.0 Å². The Hall–Kier alpha value is -3.44. The van der Waals surface area contributed by atoms with Gasteiger partial charge in [-0.25, -0.2) is 9.99 Å². The Morgan fingerprint density at radius 2 is 1.97 bits per heavy atom. The lowest BCUT2D eigenvalue weighted by Gasteiger charge is -2.43. The Labute approximate surface area is 218 Å². The highest BCUT2D eigenvalue weighted by Gasteiger charge is 2.38. The second-order valence-electron chi connectivity index (χ2n) is 9.61. The van der Waals surface area contributed by atoms with Crippen LogP contribution in [0.1, 0.15) is 43.0 Å². The number of aromatic nitrogens is 2. The van der Waals surface area contributed by atoms with E-state index in [9.17, 15) is 9.59 Å². The van der Waals surface area contributed by atoms with Gasteiger partial charge in [0.05, 0.1) is 19.0 Å². The number of piperidine rings is 1. The van der Waals surface area contributed by atoms with E-state index in [1.54, 1.807) is 43.5 Å². The molecular weight excluding hydrogens is 472 g/mol. The maximum absolute atomic E-state index is 12.9. The Morgan fingerprint density at radius 1 is 1.22 bits per heavy atom. The van der Waals surface area contributed by atoms with E-state index >= 15 is 0 Å². The molecule has 0 saturated carbocycles. The summed E-state index contributed by atoms with van der Waals surface area (Å²) in [7, 11) is 7.08. The molecule has 1 saturated heterocycles. The summed E-state index contributed by atoms with van der Waals surface area (Å²) < 4.78 is 5.57. The highest BCUT2D eigenvalue weighted by molar-refractivity contribution is 6.04. The number of hydrogen-bond acceptors (Lipinski definition) is 9. The number of amides is 2. The number of likely N-dealkylation sites (tertiary alicyclic amines) is 1. The van der Waals surface area contributed by atoms with Gasteiger partial charge in [-0.2, -0.15) is 4.98 Å². The first kappa shape index (κ1) is 26.6. The number of likely N-dealkylation sites (N-methyl/N-ethyl adjacent to an activating group) is 1. The molecule has 4 rings (SSSR count). The van der Waals surface area contributed by atoms with E-state index in [-0.39, 0.29) is 17.9 Å². The molecule has 37 heavy (non-hydrogen) atoms. The van der Waals surface area contributed by atoms with Crippen LogP contribution in [-0.2, 0) is 4.79 Å². The minimum atomic E-state index is -0.350. The van der Waals surface area contributed by atoms with Gasteiger partial charge in [0.25, 0.3) is 11.8 Å². The molecule has 200 valence electrons. The number of benzene rings is 1. The van der Waals surface area contributed by atoms with Crippen molar-refractivity contribution in [1.29, 1.82) is 0 Å². The molecular formula is C26H38N8O3. The van der Waals surface area contributed by atoms with Crippen molar-refractivity contribution in [2.45, 2.75) is 38.6 Å². The average molecular weight is 511 g/mol. The topological polar surface area (TPSA) is 106 Å². The second kappa shape index (κ2) is 11.7. The molecule has 1 fully saturated rings. The van der Waals surface area contributed by atoms with Crippen molar-refractivity contribution < 1.29 is 14.3 Å². The van der Waals surface area contributed by atoms with Crippen LogP contribution in [0.25, 0.3) is 0 Å². The molecule has 0 bridgehead atoms. The molecule has 1 atom stereocenters. The third-order valence-corrected chi connectivity index (χ3v) is 6.93. The third kappa shape index (κ3) is 5.78. The number of methoxy groups -OCH3 is 1. The van der Waals surface area contributed by atoms with Crippen LogP contribution in [0.3, 0.4) is 0 Å². The van der Waals surface area contributed by atoms with Crippen LogP contribution in [0.15, 0.2) is 24.4 Å². The van der Waals surface area contributed by atoms with Gasteiger partial charge in [0.15, 0.2) is 5.82 Å². The summed E-state index contributed by atoms with van der Waals surface area (Å²) in [5.41, 5.74) is 1.80. The molecule has 2 aliphatic rings. The molecule has 2 amide bonds. The second-order valence-corrected chi connectivity index (χ2v) is 9.61. The first-order chi connectivity index (χ1) is 17.8. The van der Waals surface area contributed by atoms with Gasteiger partial charge in [-0.05, 0) is 50.6 Å². The summed E-state index contributed by atoms with van der Waals surface area (Å²) in [6, 6.07) is 4.90. The van der Waals surface area contributed by atoms with E-state index in [1.165, 1.54) is 19.3 Å². The van der Waals surface area contributed by atoms with Crippen LogP contribution >= 0.6 is 0 Å². The molecule has 0 spiro atoms. The zero-order chi connectivity index (χ0) is 26.5. The fourth-order valence-electron chi connectivity index (χ4n) is 4.91. The molecule has 2 aliphatic heterocycles. The Balaban J connectivity index is 1.49. The number of ether oxygens (including phenoxy) is 1. The van der Waals surface area contributed by atoms with E-state index in [2.05, 4.69) is 20.5 Å². The van der Waals surface area contributed by atoms with Crippen molar-refractivity contribution in [3.63, 3.8) is 0 Å². The van der Waals surface area contributed by atoms with Gasteiger partial charge in [0.1, 0.15) is 17.5 Å². The first-order valence-electron chi connectivity index (χ1n) is 12.9. The maximum atomic E-state index is 12.9. The predicted molar refractivity (Wildman–Crippen MR) is 145 cm³/mol. The number of nitrogens with zero attached hydrogens (tertiary/aromatic N) is 6. The van der Waals surface area contributed by atoms with Crippen molar-refractivity contribution >= 4 is 35.0 Å². The Kier molecular flexibility index (Phi) is 8.45. The molecule has 1 unspecified atom stereocenters. The highest BCUT2D eigenvalue weighted by Crippen LogP contribution is 2.36. The number of anilines is 4. The first-order valence-corrected chi connectivity index (χ1v) is 12.9. The lowest BCUT2D eigenvalue weighted by molar-refractivity contribution is -0.120. The van der Waals surface area contributed by atoms with Crippen LogP contribution in [0, 0.1) is 0 Å². The zero-order valence-corrected chi connectivity index (χ0v) is 22.5. The molecule has 0 aliphatic carbocycles. The van der Waals surface area contributed by atoms with Crippen LogP contribution in [0.5, 0.6) is 5.75 Å². The van der Waals surface area contributed by atoms with Crippen molar-refractivity contribution in [2.75, 3.05) is 69.7 Å². The largest absolute Gasteiger partial charge is 0.495 e. The van der Waals surface area contributed by atoms with Crippen LogP contribution in [0.4, 0.5) is 23.1 Å². The minimum Gasteiger partial charge on any atom is -0.495 e. The summed E-state index contributed by atoms with van der Waals surface area (Å²) in [4.78, 5) is 38.8. The van der Waals surface area contributed by atoms with Crippen molar-refractivity contribution in [3.8, 4) is 5.75 Å². The van der Waals surface area contributed by atoms with Gasteiger partial charge in [-0.15, -0.1) is 0 Å². The smallest absolute Gasteiger partial charge is 0.251 e. The number of nitrogens with one attached hydrogen (secondary N) is 2. The van der Waals surface area contributed by atoms with Crippen molar-refractivity contribution in [1.82, 2.24) is 25.2 Å². The standard InChI is InChI=1S/C26H38N8O3/c1-6-20-25(36)32(4)21-17-28-26(30-23(21)34(20)31(2)3)29-19-11-10-18(16-22(19)37-5)24(35)27-12-15-33-13-8-7-9-14-33/h10-11,16-17,20H,6-9,12-15H2,1-5H3,(H,27,35)(H,28,29,30). The molecule has 11 heteroatoms. The summed E-state index contributed by atoms with van der Waals surface area (Å²) in [5, 5.41) is 9.98. The van der Waals surface area contributed by atoms with E-state index in [4.69, 9.17) is 9.72 Å². The lowest BCUT2D eigenvalue weighted by Crippen LogP contribution is -2.57. The summed E-state index contributed by atoms with van der Waals surface area (Å²) in [6.07, 6.45) is 6.04. The number of rotatable bonds is 9. The van der Waals surface area contributed by atoms with E-state index in [0.717, 1.165) is 19.6 Å². The monoisotopic (exact) mass is 510 g/mol. The van der Waals surface area contributed by atoms with E-state index in [0.29, 0.717) is 47.4 Å². The van der Waals surface area contributed by atoms with Gasteiger partial charge in [-0.3, -0.25) is 14.6 Å². The summed E-state index contributed by atoms with van der Waals surface area (Å²) >= 11 is 0. The Bertz CT molecular complexity index is 1120. The van der Waals surface area contributed by atoms with Crippen LogP contribution < -0.4 is 25.3 Å². The normalized spacial score (nSPS) is 18.1. The summed E-state index contributed by atoms with van der Waals surface area (Å²) in [5.74, 6) is 1.37. The molecule has 0 radical (unpaired) electrons. The minimum absolute atomic E-state index is 0.000489. The average Bonchev–Trinajstić information content (AvgIpc) is 2.91. The number of fused-ring (bicyclic) bond motifs is 1. The molecule has 2 N–H and O–H groups in total. The zero-order valence-electron chi connectivity index (χ0n) is 22.5. The van der Waals surface area contributed by atoms with Crippen molar-refractivity contribution in [3.05, 3.63) is 30.0 Å². The Morgan fingerprint density at radius 3 is 2.65 bits per heavy atom. The molecule has 1 aromatic carbocycles. The van der Waals surface area contributed by atoms with Gasteiger partial charge in [-0.1, -0.05) is 13.3 Å². The van der Waals surface area contributed by atoms with Crippen LogP contribution in [0.2, 0.25) is 0 Å². The summed E-state index contributed by atoms with van der Waals surface area (Å²) in [6.45, 7) is 5.66. The van der Waals surface area contributed by atoms with Crippen LogP contribution in [-0.4, -0.2) is 92.2 Å². The van der Waals surface area contributed by atoms with Gasteiger partial charge in [0, 0.05) is 39.8 Å². The maximum Gasteiger partial charge on any atom is 0.251 e. The number of hydrogen-bond donors (Lipinski definition) is 2. The molecule has 3 heterocycles. The van der Waals surface area contributed by atoms with Gasteiger partial charge < -0.3 is 25.2 Å².